The molecule has 2 saturated heterocycles. The van der Waals surface area contributed by atoms with Crippen LogP contribution in [0.5, 0.6) is 0 Å². The number of rotatable bonds is 4. The van der Waals surface area contributed by atoms with E-state index in [1.165, 1.54) is 6.08 Å². The summed E-state index contributed by atoms with van der Waals surface area (Å²) in [6, 6.07) is 3.85. The van der Waals surface area contributed by atoms with E-state index in [0.29, 0.717) is 58.3 Å². The van der Waals surface area contributed by atoms with Crippen molar-refractivity contribution in [1.29, 1.82) is 0 Å². The van der Waals surface area contributed by atoms with Crippen molar-refractivity contribution in [2.45, 2.75) is 37.7 Å². The van der Waals surface area contributed by atoms with Crippen LogP contribution >= 0.6 is 0 Å². The zero-order valence-electron chi connectivity index (χ0n) is 15.1. The average molecular weight is 357 g/mol. The van der Waals surface area contributed by atoms with Crippen molar-refractivity contribution < 1.29 is 14.7 Å². The number of hydrogen-bond donors (Lipinski definition) is 1. The fraction of sp³-hybridized carbons (Fsp3) is 0.550. The average Bonchev–Trinajstić information content (AvgIpc) is 2.68. The maximum atomic E-state index is 12.8. The summed E-state index contributed by atoms with van der Waals surface area (Å²) in [7, 11) is 0. The lowest BCUT2D eigenvalue weighted by atomic mass is 9.84. The van der Waals surface area contributed by atoms with Gasteiger partial charge in [0.2, 0.25) is 11.8 Å². The van der Waals surface area contributed by atoms with Gasteiger partial charge in [-0.05, 0) is 49.5 Å². The van der Waals surface area contributed by atoms with Crippen molar-refractivity contribution in [1.82, 2.24) is 14.8 Å². The van der Waals surface area contributed by atoms with Crippen LogP contribution in [0.1, 0.15) is 31.2 Å². The van der Waals surface area contributed by atoms with Gasteiger partial charge in [0.25, 0.3) is 0 Å². The molecule has 0 aliphatic carbocycles. The number of carbonyl (C=O) groups is 2. The molecule has 2 aliphatic rings. The van der Waals surface area contributed by atoms with Gasteiger partial charge in [0.15, 0.2) is 0 Å². The molecule has 6 nitrogen and oxygen atoms in total. The summed E-state index contributed by atoms with van der Waals surface area (Å²) in [4.78, 5) is 32.1. The van der Waals surface area contributed by atoms with Gasteiger partial charge in [0, 0.05) is 50.9 Å². The Morgan fingerprint density at radius 2 is 1.77 bits per heavy atom. The van der Waals surface area contributed by atoms with Crippen LogP contribution in [0.15, 0.2) is 37.2 Å². The molecule has 0 unspecified atom stereocenters. The predicted molar refractivity (Wildman–Crippen MR) is 98.2 cm³/mol. The number of likely N-dealkylation sites (tertiary alicyclic amines) is 2. The Balaban J connectivity index is 1.49. The highest BCUT2D eigenvalue weighted by Gasteiger charge is 2.36. The van der Waals surface area contributed by atoms with E-state index in [9.17, 15) is 14.7 Å². The first-order valence-electron chi connectivity index (χ1n) is 9.32. The van der Waals surface area contributed by atoms with Crippen LogP contribution in [-0.4, -0.2) is 63.5 Å². The van der Waals surface area contributed by atoms with Crippen molar-refractivity contribution in [3.05, 3.63) is 42.7 Å². The summed E-state index contributed by atoms with van der Waals surface area (Å²) in [6.07, 6.45) is 7.99. The van der Waals surface area contributed by atoms with Gasteiger partial charge in [-0.25, -0.2) is 0 Å². The number of pyridine rings is 1. The monoisotopic (exact) mass is 357 g/mol. The molecule has 1 aromatic rings. The zero-order chi connectivity index (χ0) is 18.6. The van der Waals surface area contributed by atoms with E-state index < -0.39 is 5.60 Å². The van der Waals surface area contributed by atoms with E-state index >= 15 is 0 Å². The summed E-state index contributed by atoms with van der Waals surface area (Å²) in [5.41, 5.74) is 0.319. The maximum Gasteiger partial charge on any atom is 0.245 e. The van der Waals surface area contributed by atoms with E-state index in [0.717, 1.165) is 5.56 Å². The Labute approximate surface area is 154 Å². The molecule has 0 atom stereocenters. The van der Waals surface area contributed by atoms with Crippen molar-refractivity contribution in [2.75, 3.05) is 26.2 Å². The largest absolute Gasteiger partial charge is 0.389 e. The molecule has 6 heteroatoms. The predicted octanol–water partition coefficient (Wildman–Crippen LogP) is 1.40. The van der Waals surface area contributed by atoms with Crippen LogP contribution in [0, 0.1) is 5.92 Å². The molecule has 1 N–H and O–H groups in total. The standard InChI is InChI=1S/C20H27N3O3/c1-2-18(24)22-11-5-17(6-12-22)19(25)23-13-7-20(26,8-14-23)15-16-3-9-21-10-4-16/h2-4,9-10,17,26H,1,5-8,11-15H2. The highest BCUT2D eigenvalue weighted by atomic mass is 16.3. The van der Waals surface area contributed by atoms with Gasteiger partial charge in [-0.15, -0.1) is 0 Å². The minimum atomic E-state index is -0.752. The Hall–Kier alpha value is -2.21. The highest BCUT2D eigenvalue weighted by molar-refractivity contribution is 5.87. The van der Waals surface area contributed by atoms with Crippen LogP contribution in [0.25, 0.3) is 0 Å². The molecule has 26 heavy (non-hydrogen) atoms. The molecule has 140 valence electrons. The van der Waals surface area contributed by atoms with E-state index in [-0.39, 0.29) is 17.7 Å². The van der Waals surface area contributed by atoms with Crippen molar-refractivity contribution in [3.63, 3.8) is 0 Å². The second kappa shape index (κ2) is 7.99. The van der Waals surface area contributed by atoms with E-state index in [1.54, 1.807) is 17.3 Å². The van der Waals surface area contributed by atoms with E-state index in [1.807, 2.05) is 17.0 Å². The van der Waals surface area contributed by atoms with Gasteiger partial charge in [-0.2, -0.15) is 0 Å². The molecule has 1 aromatic heterocycles. The summed E-state index contributed by atoms with van der Waals surface area (Å²) < 4.78 is 0. The molecule has 0 spiro atoms. The molecule has 0 saturated carbocycles. The van der Waals surface area contributed by atoms with Crippen molar-refractivity contribution in [3.8, 4) is 0 Å². The molecule has 0 bridgehead atoms. The maximum absolute atomic E-state index is 12.8. The second-order valence-corrected chi connectivity index (χ2v) is 7.39. The minimum Gasteiger partial charge on any atom is -0.389 e. The van der Waals surface area contributed by atoms with Gasteiger partial charge in [0.1, 0.15) is 0 Å². The van der Waals surface area contributed by atoms with Crippen LogP contribution in [0.2, 0.25) is 0 Å². The zero-order valence-corrected chi connectivity index (χ0v) is 15.1. The van der Waals surface area contributed by atoms with Gasteiger partial charge < -0.3 is 14.9 Å². The molecular formula is C20H27N3O3. The van der Waals surface area contributed by atoms with Gasteiger partial charge in [-0.3, -0.25) is 14.6 Å². The third-order valence-electron chi connectivity index (χ3n) is 5.62. The number of piperidine rings is 2. The molecule has 0 radical (unpaired) electrons. The Morgan fingerprint density at radius 3 is 2.35 bits per heavy atom. The van der Waals surface area contributed by atoms with Crippen LogP contribution in [-0.2, 0) is 16.0 Å². The smallest absolute Gasteiger partial charge is 0.245 e. The van der Waals surface area contributed by atoms with E-state index in [2.05, 4.69) is 11.6 Å². The summed E-state index contributed by atoms with van der Waals surface area (Å²) in [6.45, 7) is 5.92. The van der Waals surface area contributed by atoms with Gasteiger partial charge >= 0.3 is 0 Å². The lowest BCUT2D eigenvalue weighted by Crippen LogP contribution is -2.50. The molecular weight excluding hydrogens is 330 g/mol. The van der Waals surface area contributed by atoms with Gasteiger partial charge in [-0.1, -0.05) is 6.58 Å². The first-order chi connectivity index (χ1) is 12.5. The Kier molecular flexibility index (Phi) is 5.71. The van der Waals surface area contributed by atoms with Crippen LogP contribution in [0.3, 0.4) is 0 Å². The van der Waals surface area contributed by atoms with Crippen molar-refractivity contribution >= 4 is 11.8 Å². The van der Waals surface area contributed by atoms with Crippen LogP contribution < -0.4 is 0 Å². The number of nitrogens with zero attached hydrogens (tertiary/aromatic N) is 3. The number of amides is 2. The van der Waals surface area contributed by atoms with E-state index in [4.69, 9.17) is 0 Å². The second-order valence-electron chi connectivity index (χ2n) is 7.39. The number of aliphatic hydroxyl groups is 1. The SMILES string of the molecule is C=CC(=O)N1CCC(C(=O)N2CCC(O)(Cc3ccncc3)CC2)CC1. The third kappa shape index (κ3) is 4.30. The Morgan fingerprint density at radius 1 is 1.15 bits per heavy atom. The summed E-state index contributed by atoms with van der Waals surface area (Å²) >= 11 is 0. The molecule has 2 amide bonds. The Bertz CT molecular complexity index is 646. The summed E-state index contributed by atoms with van der Waals surface area (Å²) in [5, 5.41) is 10.8. The quantitative estimate of drug-likeness (QED) is 0.827. The number of carbonyl (C=O) groups excluding carboxylic acids is 2. The lowest BCUT2D eigenvalue weighted by molar-refractivity contribution is -0.143. The number of aromatic nitrogens is 1. The molecule has 0 aromatic carbocycles. The normalized spacial score (nSPS) is 20.7. The van der Waals surface area contributed by atoms with Gasteiger partial charge in [0.05, 0.1) is 5.60 Å². The molecule has 3 heterocycles. The highest BCUT2D eigenvalue weighted by Crippen LogP contribution is 2.28. The fourth-order valence-corrected chi connectivity index (χ4v) is 3.93. The first-order valence-corrected chi connectivity index (χ1v) is 9.32. The minimum absolute atomic E-state index is 0.0183. The fourth-order valence-electron chi connectivity index (χ4n) is 3.93. The van der Waals surface area contributed by atoms with Crippen LogP contribution in [0.4, 0.5) is 0 Å². The molecule has 2 fully saturated rings. The summed E-state index contributed by atoms with van der Waals surface area (Å²) in [5.74, 6) is 0.0898. The third-order valence-corrected chi connectivity index (χ3v) is 5.62. The van der Waals surface area contributed by atoms with Crippen molar-refractivity contribution in [2.24, 2.45) is 5.92 Å². The molecule has 3 rings (SSSR count). The topological polar surface area (TPSA) is 73.7 Å². The number of hydrogen-bond acceptors (Lipinski definition) is 4. The first kappa shape index (κ1) is 18.6. The lowest BCUT2D eigenvalue weighted by Gasteiger charge is -2.40. The molecule has 2 aliphatic heterocycles.